The first kappa shape index (κ1) is 24.2. The normalized spacial score (nSPS) is 11.9. The standard InChI is InChI=1S/C25H23F2N3O4S/c1-33-20-9-8-15(11-21(20)34-25(26)27)13-29-23(31)19(30-24(32)22-7-4-10-35-22)12-16-14-28-18-6-3-2-5-17(16)18/h2-11,14,19,25,28H,12-13H2,1H3,(H,29,31)(H,30,32). The maximum absolute atomic E-state index is 13.2. The lowest BCUT2D eigenvalue weighted by atomic mass is 10.0. The average molecular weight is 500 g/mol. The van der Waals surface area contributed by atoms with Crippen LogP contribution in [-0.2, 0) is 17.8 Å². The molecule has 0 bridgehead atoms. The third-order valence-electron chi connectivity index (χ3n) is 5.38. The minimum atomic E-state index is -3.01. The highest BCUT2D eigenvalue weighted by Crippen LogP contribution is 2.29. The van der Waals surface area contributed by atoms with Crippen molar-refractivity contribution < 1.29 is 27.8 Å². The van der Waals surface area contributed by atoms with E-state index in [0.717, 1.165) is 16.5 Å². The fraction of sp³-hybridized carbons (Fsp3) is 0.200. The van der Waals surface area contributed by atoms with E-state index in [4.69, 9.17) is 4.74 Å². The topological polar surface area (TPSA) is 92.5 Å². The molecule has 35 heavy (non-hydrogen) atoms. The molecule has 1 atom stereocenters. The number of para-hydroxylation sites is 1. The van der Waals surface area contributed by atoms with Gasteiger partial charge in [-0.1, -0.05) is 30.3 Å². The van der Waals surface area contributed by atoms with Gasteiger partial charge in [0, 0.05) is 30.1 Å². The van der Waals surface area contributed by atoms with Crippen LogP contribution in [0.1, 0.15) is 20.8 Å². The Morgan fingerprint density at radius 3 is 2.66 bits per heavy atom. The van der Waals surface area contributed by atoms with Crippen LogP contribution in [-0.4, -0.2) is 36.6 Å². The molecule has 1 unspecified atom stereocenters. The second-order valence-corrected chi connectivity index (χ2v) is 8.60. The maximum Gasteiger partial charge on any atom is 0.387 e. The number of fused-ring (bicyclic) bond motifs is 1. The molecular formula is C25H23F2N3O4S. The number of aromatic amines is 1. The van der Waals surface area contributed by atoms with Crippen LogP contribution in [0.2, 0.25) is 0 Å². The number of amides is 2. The zero-order valence-corrected chi connectivity index (χ0v) is 19.5. The number of ether oxygens (including phenoxy) is 2. The number of aromatic nitrogens is 1. The Morgan fingerprint density at radius 2 is 1.91 bits per heavy atom. The first-order valence-corrected chi connectivity index (χ1v) is 11.6. The van der Waals surface area contributed by atoms with Crippen molar-refractivity contribution in [2.24, 2.45) is 0 Å². The summed E-state index contributed by atoms with van der Waals surface area (Å²) in [5.41, 5.74) is 2.34. The van der Waals surface area contributed by atoms with Crippen molar-refractivity contribution in [1.82, 2.24) is 15.6 Å². The summed E-state index contributed by atoms with van der Waals surface area (Å²) < 4.78 is 35.0. The van der Waals surface area contributed by atoms with Crippen molar-refractivity contribution in [2.75, 3.05) is 7.11 Å². The van der Waals surface area contributed by atoms with Crippen LogP contribution in [0, 0.1) is 0 Å². The quantitative estimate of drug-likeness (QED) is 0.300. The molecule has 2 heterocycles. The largest absolute Gasteiger partial charge is 0.493 e. The van der Waals surface area contributed by atoms with Crippen LogP contribution in [0.5, 0.6) is 11.5 Å². The molecule has 4 rings (SSSR count). The molecule has 0 aliphatic heterocycles. The molecule has 10 heteroatoms. The second-order valence-electron chi connectivity index (χ2n) is 7.65. The first-order valence-electron chi connectivity index (χ1n) is 10.7. The van der Waals surface area contributed by atoms with Crippen LogP contribution < -0.4 is 20.1 Å². The molecule has 2 amide bonds. The smallest absolute Gasteiger partial charge is 0.387 e. The van der Waals surface area contributed by atoms with Gasteiger partial charge in [0.05, 0.1) is 12.0 Å². The lowest BCUT2D eigenvalue weighted by Gasteiger charge is -2.18. The van der Waals surface area contributed by atoms with Crippen molar-refractivity contribution in [3.05, 3.63) is 82.2 Å². The predicted molar refractivity (Wildman–Crippen MR) is 129 cm³/mol. The summed E-state index contributed by atoms with van der Waals surface area (Å²) in [6.45, 7) is -2.97. The van der Waals surface area contributed by atoms with Gasteiger partial charge >= 0.3 is 6.61 Å². The molecule has 182 valence electrons. The van der Waals surface area contributed by atoms with Gasteiger partial charge in [0.15, 0.2) is 11.5 Å². The Labute approximate surface area is 204 Å². The number of benzene rings is 2. The summed E-state index contributed by atoms with van der Waals surface area (Å²) in [6.07, 6.45) is 2.08. The third-order valence-corrected chi connectivity index (χ3v) is 6.25. The van der Waals surface area contributed by atoms with E-state index >= 15 is 0 Å². The molecule has 0 spiro atoms. The molecule has 0 fully saturated rings. The summed E-state index contributed by atoms with van der Waals surface area (Å²) in [6, 6.07) is 14.8. The van der Waals surface area contributed by atoms with Gasteiger partial charge in [-0.15, -0.1) is 11.3 Å². The fourth-order valence-corrected chi connectivity index (χ4v) is 4.33. The summed E-state index contributed by atoms with van der Waals surface area (Å²) in [5.74, 6) is -0.735. The van der Waals surface area contributed by atoms with Gasteiger partial charge in [-0.05, 0) is 40.8 Å². The average Bonchev–Trinajstić information content (AvgIpc) is 3.53. The van der Waals surface area contributed by atoms with E-state index in [1.54, 1.807) is 23.6 Å². The van der Waals surface area contributed by atoms with Crippen LogP contribution >= 0.6 is 11.3 Å². The van der Waals surface area contributed by atoms with Crippen LogP contribution in [0.25, 0.3) is 10.9 Å². The van der Waals surface area contributed by atoms with Crippen molar-refractivity contribution in [3.63, 3.8) is 0 Å². The number of carbonyl (C=O) groups is 2. The number of halogens is 2. The van der Waals surface area contributed by atoms with E-state index in [0.29, 0.717) is 10.4 Å². The van der Waals surface area contributed by atoms with Crippen molar-refractivity contribution in [1.29, 1.82) is 0 Å². The van der Waals surface area contributed by atoms with Crippen LogP contribution in [0.15, 0.2) is 66.2 Å². The van der Waals surface area contributed by atoms with E-state index in [-0.39, 0.29) is 30.4 Å². The minimum absolute atomic E-state index is 0.0433. The summed E-state index contributed by atoms with van der Waals surface area (Å²) in [4.78, 5) is 29.5. The molecule has 4 aromatic rings. The molecule has 3 N–H and O–H groups in total. The van der Waals surface area contributed by atoms with Crippen molar-refractivity contribution in [3.8, 4) is 11.5 Å². The monoisotopic (exact) mass is 499 g/mol. The van der Waals surface area contributed by atoms with Crippen molar-refractivity contribution in [2.45, 2.75) is 25.6 Å². The number of methoxy groups -OCH3 is 1. The fourth-order valence-electron chi connectivity index (χ4n) is 3.70. The van der Waals surface area contributed by atoms with E-state index in [1.165, 1.54) is 30.6 Å². The number of alkyl halides is 2. The summed E-state index contributed by atoms with van der Waals surface area (Å²) >= 11 is 1.28. The Morgan fingerprint density at radius 1 is 1.09 bits per heavy atom. The maximum atomic E-state index is 13.2. The summed E-state index contributed by atoms with van der Waals surface area (Å²) in [5, 5.41) is 8.34. The number of carbonyl (C=O) groups excluding carboxylic acids is 2. The highest BCUT2D eigenvalue weighted by molar-refractivity contribution is 7.12. The number of hydrogen-bond donors (Lipinski definition) is 3. The van der Waals surface area contributed by atoms with Gasteiger partial charge in [0.2, 0.25) is 5.91 Å². The Balaban J connectivity index is 1.51. The van der Waals surface area contributed by atoms with E-state index in [2.05, 4.69) is 20.4 Å². The molecule has 0 saturated carbocycles. The third kappa shape index (κ3) is 5.96. The minimum Gasteiger partial charge on any atom is -0.493 e. The molecule has 0 radical (unpaired) electrons. The zero-order valence-electron chi connectivity index (χ0n) is 18.7. The number of thiophene rings is 1. The molecule has 0 saturated heterocycles. The second kappa shape index (κ2) is 11.0. The number of rotatable bonds is 10. The number of H-pyrrole nitrogens is 1. The predicted octanol–water partition coefficient (Wildman–Crippen LogP) is 4.50. The van der Waals surface area contributed by atoms with Gasteiger partial charge in [-0.25, -0.2) is 0 Å². The zero-order chi connectivity index (χ0) is 24.8. The van der Waals surface area contributed by atoms with Gasteiger partial charge in [-0.3, -0.25) is 9.59 Å². The van der Waals surface area contributed by atoms with Gasteiger partial charge < -0.3 is 25.1 Å². The van der Waals surface area contributed by atoms with Gasteiger partial charge in [0.1, 0.15) is 6.04 Å². The van der Waals surface area contributed by atoms with Crippen LogP contribution in [0.3, 0.4) is 0 Å². The molecule has 2 aromatic heterocycles. The van der Waals surface area contributed by atoms with Crippen molar-refractivity contribution >= 4 is 34.1 Å². The lowest BCUT2D eigenvalue weighted by molar-refractivity contribution is -0.123. The molecule has 7 nitrogen and oxygen atoms in total. The Hall–Kier alpha value is -3.92. The first-order chi connectivity index (χ1) is 16.9. The lowest BCUT2D eigenvalue weighted by Crippen LogP contribution is -2.47. The molecule has 0 aliphatic carbocycles. The van der Waals surface area contributed by atoms with Gasteiger partial charge in [-0.2, -0.15) is 8.78 Å². The highest BCUT2D eigenvalue weighted by Gasteiger charge is 2.24. The van der Waals surface area contributed by atoms with Crippen LogP contribution in [0.4, 0.5) is 8.78 Å². The van der Waals surface area contributed by atoms with Gasteiger partial charge in [0.25, 0.3) is 5.91 Å². The number of nitrogens with one attached hydrogen (secondary N) is 3. The SMILES string of the molecule is COc1ccc(CNC(=O)C(Cc2c[nH]c3ccccc23)NC(=O)c2cccs2)cc1OC(F)F. The molecular weight excluding hydrogens is 476 g/mol. The Bertz CT molecular complexity index is 1310. The molecule has 0 aliphatic rings. The highest BCUT2D eigenvalue weighted by atomic mass is 32.1. The Kier molecular flexibility index (Phi) is 7.61. The van der Waals surface area contributed by atoms with E-state index in [9.17, 15) is 18.4 Å². The summed E-state index contributed by atoms with van der Waals surface area (Å²) in [7, 11) is 1.35. The number of hydrogen-bond acceptors (Lipinski definition) is 5. The van der Waals surface area contributed by atoms with E-state index in [1.807, 2.05) is 30.5 Å². The molecule has 2 aromatic carbocycles. The van der Waals surface area contributed by atoms with E-state index < -0.39 is 18.6 Å².